The Bertz CT molecular complexity index is 535. The molecule has 2 N–H and O–H groups in total. The van der Waals surface area contributed by atoms with Crippen LogP contribution in [0.25, 0.3) is 0 Å². The van der Waals surface area contributed by atoms with Crippen molar-refractivity contribution in [3.8, 4) is 11.5 Å². The fourth-order valence-electron chi connectivity index (χ4n) is 1.77. The summed E-state index contributed by atoms with van der Waals surface area (Å²) in [5, 5.41) is 5.35. The van der Waals surface area contributed by atoms with Crippen LogP contribution in [0.1, 0.15) is 26.3 Å². The Morgan fingerprint density at radius 3 is 2.32 bits per heavy atom. The molecule has 2 amide bonds. The van der Waals surface area contributed by atoms with Gasteiger partial charge < -0.3 is 20.1 Å². The first-order valence-electron chi connectivity index (χ1n) is 7.04. The van der Waals surface area contributed by atoms with Crippen molar-refractivity contribution in [3.05, 3.63) is 23.8 Å². The Labute approximate surface area is 131 Å². The summed E-state index contributed by atoms with van der Waals surface area (Å²) in [4.78, 5) is 23.5. The van der Waals surface area contributed by atoms with Crippen molar-refractivity contribution in [1.82, 2.24) is 10.6 Å². The lowest BCUT2D eigenvalue weighted by atomic mass is 9.96. The molecule has 0 spiro atoms. The first-order chi connectivity index (χ1) is 10.3. The molecule has 0 saturated heterocycles. The van der Waals surface area contributed by atoms with Crippen LogP contribution in [0.3, 0.4) is 0 Å². The Morgan fingerprint density at radius 1 is 1.09 bits per heavy atom. The number of nitrogens with one attached hydrogen (secondary N) is 2. The van der Waals surface area contributed by atoms with Crippen LogP contribution < -0.4 is 20.1 Å². The minimum atomic E-state index is -0.518. The van der Waals surface area contributed by atoms with Gasteiger partial charge in [-0.3, -0.25) is 9.59 Å². The number of carbonyl (C=O) groups excluding carboxylic acids is 2. The number of para-hydroxylation sites is 1. The van der Waals surface area contributed by atoms with Crippen LogP contribution in [0.15, 0.2) is 18.2 Å². The van der Waals surface area contributed by atoms with Gasteiger partial charge in [-0.05, 0) is 6.07 Å². The van der Waals surface area contributed by atoms with E-state index in [4.69, 9.17) is 9.47 Å². The SMILES string of the molecule is COc1cccc(CNC(=O)CNC(=O)C(C)(C)C)c1OC. The van der Waals surface area contributed by atoms with Gasteiger partial charge in [-0.1, -0.05) is 32.9 Å². The zero-order chi connectivity index (χ0) is 16.8. The lowest BCUT2D eigenvalue weighted by Crippen LogP contribution is -2.41. The Morgan fingerprint density at radius 2 is 1.77 bits per heavy atom. The highest BCUT2D eigenvalue weighted by Crippen LogP contribution is 2.30. The van der Waals surface area contributed by atoms with Crippen LogP contribution >= 0.6 is 0 Å². The molecule has 122 valence electrons. The quantitative estimate of drug-likeness (QED) is 0.834. The van der Waals surface area contributed by atoms with E-state index in [1.165, 1.54) is 0 Å². The fourth-order valence-corrected chi connectivity index (χ4v) is 1.77. The van der Waals surface area contributed by atoms with Crippen LogP contribution in [-0.4, -0.2) is 32.6 Å². The topological polar surface area (TPSA) is 76.7 Å². The van der Waals surface area contributed by atoms with Crippen LogP contribution in [0.4, 0.5) is 0 Å². The second-order valence-corrected chi connectivity index (χ2v) is 5.86. The van der Waals surface area contributed by atoms with Gasteiger partial charge in [0.1, 0.15) is 0 Å². The highest BCUT2D eigenvalue weighted by molar-refractivity contribution is 5.87. The van der Waals surface area contributed by atoms with E-state index in [1.54, 1.807) is 41.1 Å². The van der Waals surface area contributed by atoms with Gasteiger partial charge in [-0.15, -0.1) is 0 Å². The van der Waals surface area contributed by atoms with E-state index in [2.05, 4.69) is 10.6 Å². The zero-order valence-corrected chi connectivity index (χ0v) is 13.8. The van der Waals surface area contributed by atoms with Crippen molar-refractivity contribution in [2.24, 2.45) is 5.41 Å². The zero-order valence-electron chi connectivity index (χ0n) is 13.8. The molecule has 0 heterocycles. The second-order valence-electron chi connectivity index (χ2n) is 5.86. The molecule has 0 unspecified atom stereocenters. The third-order valence-electron chi connectivity index (χ3n) is 3.05. The highest BCUT2D eigenvalue weighted by atomic mass is 16.5. The Hall–Kier alpha value is -2.24. The summed E-state index contributed by atoms with van der Waals surface area (Å²) in [7, 11) is 3.11. The maximum absolute atomic E-state index is 11.8. The maximum Gasteiger partial charge on any atom is 0.239 e. The van der Waals surface area contributed by atoms with Gasteiger partial charge in [-0.25, -0.2) is 0 Å². The number of carbonyl (C=O) groups is 2. The molecule has 0 bridgehead atoms. The van der Waals surface area contributed by atoms with E-state index in [1.807, 2.05) is 12.1 Å². The van der Waals surface area contributed by atoms with Crippen LogP contribution in [0.2, 0.25) is 0 Å². The number of benzene rings is 1. The van der Waals surface area contributed by atoms with Gasteiger partial charge in [0.05, 0.1) is 20.8 Å². The van der Waals surface area contributed by atoms with E-state index in [-0.39, 0.29) is 18.4 Å². The molecule has 0 aromatic heterocycles. The minimum absolute atomic E-state index is 0.0532. The monoisotopic (exact) mass is 308 g/mol. The molecule has 0 aliphatic carbocycles. The Balaban J connectivity index is 2.56. The number of hydrogen-bond donors (Lipinski definition) is 2. The summed E-state index contributed by atoms with van der Waals surface area (Å²) in [5.74, 6) is 0.767. The first-order valence-corrected chi connectivity index (χ1v) is 7.04. The summed E-state index contributed by atoms with van der Waals surface area (Å²) < 4.78 is 10.5. The highest BCUT2D eigenvalue weighted by Gasteiger charge is 2.21. The summed E-state index contributed by atoms with van der Waals surface area (Å²) in [6, 6.07) is 5.45. The molecule has 0 saturated carbocycles. The summed E-state index contributed by atoms with van der Waals surface area (Å²) in [6.45, 7) is 5.62. The van der Waals surface area contributed by atoms with E-state index >= 15 is 0 Å². The third kappa shape index (κ3) is 4.95. The smallest absolute Gasteiger partial charge is 0.239 e. The predicted octanol–water partition coefficient (Wildman–Crippen LogP) is 1.48. The molecule has 22 heavy (non-hydrogen) atoms. The third-order valence-corrected chi connectivity index (χ3v) is 3.05. The summed E-state index contributed by atoms with van der Waals surface area (Å²) in [5.41, 5.74) is 0.286. The molecule has 0 aliphatic rings. The maximum atomic E-state index is 11.8. The number of amides is 2. The van der Waals surface area contributed by atoms with Crippen molar-refractivity contribution >= 4 is 11.8 Å². The lowest BCUT2D eigenvalue weighted by molar-refractivity contribution is -0.131. The molecule has 1 aromatic rings. The Kier molecular flexibility index (Phi) is 6.22. The largest absolute Gasteiger partial charge is 0.493 e. The van der Waals surface area contributed by atoms with Gasteiger partial charge in [0, 0.05) is 17.5 Å². The second kappa shape index (κ2) is 7.68. The normalized spacial score (nSPS) is 10.8. The average molecular weight is 308 g/mol. The van der Waals surface area contributed by atoms with E-state index in [0.717, 1.165) is 5.56 Å². The molecule has 0 aliphatic heterocycles. The van der Waals surface area contributed by atoms with Crippen molar-refractivity contribution in [1.29, 1.82) is 0 Å². The van der Waals surface area contributed by atoms with Crippen molar-refractivity contribution in [3.63, 3.8) is 0 Å². The summed E-state index contributed by atoms with van der Waals surface area (Å²) in [6.07, 6.45) is 0. The number of ether oxygens (including phenoxy) is 2. The number of rotatable bonds is 6. The molecule has 6 nitrogen and oxygen atoms in total. The van der Waals surface area contributed by atoms with Crippen LogP contribution in [0, 0.1) is 5.41 Å². The van der Waals surface area contributed by atoms with E-state index in [0.29, 0.717) is 18.0 Å². The van der Waals surface area contributed by atoms with Crippen molar-refractivity contribution in [2.75, 3.05) is 20.8 Å². The van der Waals surface area contributed by atoms with Crippen LogP contribution in [-0.2, 0) is 16.1 Å². The predicted molar refractivity (Wildman–Crippen MR) is 83.9 cm³/mol. The molecule has 0 fully saturated rings. The number of methoxy groups -OCH3 is 2. The van der Waals surface area contributed by atoms with Gasteiger partial charge in [0.25, 0.3) is 0 Å². The molecule has 1 aromatic carbocycles. The first kappa shape index (κ1) is 17.8. The molecule has 0 atom stereocenters. The van der Waals surface area contributed by atoms with Crippen molar-refractivity contribution < 1.29 is 19.1 Å². The fraction of sp³-hybridized carbons (Fsp3) is 0.500. The van der Waals surface area contributed by atoms with Gasteiger partial charge in [0.15, 0.2) is 11.5 Å². The van der Waals surface area contributed by atoms with Gasteiger partial charge in [0.2, 0.25) is 11.8 Å². The average Bonchev–Trinajstić information content (AvgIpc) is 2.48. The lowest BCUT2D eigenvalue weighted by Gasteiger charge is -2.17. The standard InChI is InChI=1S/C16H24N2O4/c1-16(2,3)15(20)18-10-13(19)17-9-11-7-6-8-12(21-4)14(11)22-5/h6-8H,9-10H2,1-5H3,(H,17,19)(H,18,20). The van der Waals surface area contributed by atoms with E-state index in [9.17, 15) is 9.59 Å². The van der Waals surface area contributed by atoms with Crippen LogP contribution in [0.5, 0.6) is 11.5 Å². The molecule has 6 heteroatoms. The molecule has 1 rings (SSSR count). The van der Waals surface area contributed by atoms with Gasteiger partial charge >= 0.3 is 0 Å². The molecular weight excluding hydrogens is 284 g/mol. The van der Waals surface area contributed by atoms with Crippen molar-refractivity contribution in [2.45, 2.75) is 27.3 Å². The molecular formula is C16H24N2O4. The minimum Gasteiger partial charge on any atom is -0.493 e. The van der Waals surface area contributed by atoms with Gasteiger partial charge in [-0.2, -0.15) is 0 Å². The summed E-state index contributed by atoms with van der Waals surface area (Å²) >= 11 is 0. The van der Waals surface area contributed by atoms with E-state index < -0.39 is 5.41 Å². The molecule has 0 radical (unpaired) electrons. The number of hydrogen-bond acceptors (Lipinski definition) is 4.